The number of aliphatic hydroxyl groups excluding tert-OH is 2. The third-order valence-electron chi connectivity index (χ3n) is 4.45. The van der Waals surface area contributed by atoms with Gasteiger partial charge in [-0.15, -0.1) is 0 Å². The molecule has 0 saturated heterocycles. The van der Waals surface area contributed by atoms with Crippen molar-refractivity contribution in [3.8, 4) is 5.75 Å². The van der Waals surface area contributed by atoms with Gasteiger partial charge in [0.05, 0.1) is 17.6 Å². The Bertz CT molecular complexity index is 1040. The maximum Gasteiger partial charge on any atom is 0.135 e. The molecule has 4 aromatic rings. The minimum absolute atomic E-state index is 0.158. The Morgan fingerprint density at radius 2 is 1.73 bits per heavy atom. The highest BCUT2D eigenvalue weighted by Gasteiger charge is 2.14. The van der Waals surface area contributed by atoms with E-state index in [0.717, 1.165) is 27.6 Å². The van der Waals surface area contributed by atoms with Gasteiger partial charge in [-0.3, -0.25) is 0 Å². The van der Waals surface area contributed by atoms with E-state index in [1.54, 1.807) is 0 Å². The summed E-state index contributed by atoms with van der Waals surface area (Å²) in [5.41, 5.74) is 1.69. The summed E-state index contributed by atoms with van der Waals surface area (Å²) in [7, 11) is 0. The normalized spacial score (nSPS) is 12.5. The monoisotopic (exact) mass is 348 g/mol. The third-order valence-corrected chi connectivity index (χ3v) is 4.45. The number of rotatable bonds is 6. The van der Waals surface area contributed by atoms with E-state index < -0.39 is 6.10 Å². The predicted octanol–water partition coefficient (Wildman–Crippen LogP) is 3.12. The standard InChI is InChI=1S/C21H20N2O3/c24-13-21-22-18-9-3-4-10-19(18)23(21)12-16(25)14-26-20-11-5-7-15-6-1-2-8-17(15)20/h1-11,16,24-25H,12-14H2/t16-/m1/s1. The van der Waals surface area contributed by atoms with Crippen molar-refractivity contribution in [3.63, 3.8) is 0 Å². The van der Waals surface area contributed by atoms with Gasteiger partial charge in [0.1, 0.15) is 30.9 Å². The number of fused-ring (bicyclic) bond motifs is 2. The van der Waals surface area contributed by atoms with E-state index in [4.69, 9.17) is 4.74 Å². The van der Waals surface area contributed by atoms with Gasteiger partial charge in [-0.05, 0) is 23.6 Å². The molecule has 3 aromatic carbocycles. The molecule has 0 amide bonds. The first kappa shape index (κ1) is 16.6. The van der Waals surface area contributed by atoms with Crippen LogP contribution in [0.5, 0.6) is 5.75 Å². The van der Waals surface area contributed by atoms with Crippen molar-refractivity contribution >= 4 is 21.8 Å². The van der Waals surface area contributed by atoms with Crippen LogP contribution in [0.3, 0.4) is 0 Å². The van der Waals surface area contributed by atoms with Gasteiger partial charge in [-0.25, -0.2) is 4.98 Å². The molecule has 1 heterocycles. The van der Waals surface area contributed by atoms with E-state index in [-0.39, 0.29) is 13.2 Å². The molecule has 0 aliphatic rings. The third kappa shape index (κ3) is 3.14. The number of para-hydroxylation sites is 2. The van der Waals surface area contributed by atoms with Crippen LogP contribution in [0.25, 0.3) is 21.8 Å². The Labute approximate surface area is 151 Å². The Kier molecular flexibility index (Phi) is 4.56. The molecule has 0 fully saturated rings. The summed E-state index contributed by atoms with van der Waals surface area (Å²) in [6, 6.07) is 21.5. The first-order chi connectivity index (χ1) is 12.8. The molecule has 0 aliphatic carbocycles. The lowest BCUT2D eigenvalue weighted by Crippen LogP contribution is -2.24. The lowest BCUT2D eigenvalue weighted by atomic mass is 10.1. The average molecular weight is 348 g/mol. The van der Waals surface area contributed by atoms with Crippen LogP contribution in [0.4, 0.5) is 0 Å². The van der Waals surface area contributed by atoms with Crippen LogP contribution in [-0.4, -0.2) is 32.5 Å². The summed E-state index contributed by atoms with van der Waals surface area (Å²) in [5.74, 6) is 1.29. The Morgan fingerprint density at radius 3 is 2.62 bits per heavy atom. The van der Waals surface area contributed by atoms with E-state index in [1.807, 2.05) is 71.3 Å². The number of hydrogen-bond donors (Lipinski definition) is 2. The summed E-state index contributed by atoms with van der Waals surface area (Å²) < 4.78 is 7.71. The Morgan fingerprint density at radius 1 is 0.962 bits per heavy atom. The fourth-order valence-electron chi connectivity index (χ4n) is 3.22. The first-order valence-electron chi connectivity index (χ1n) is 8.60. The van der Waals surface area contributed by atoms with Gasteiger partial charge < -0.3 is 19.5 Å². The highest BCUT2D eigenvalue weighted by molar-refractivity contribution is 5.88. The van der Waals surface area contributed by atoms with Crippen molar-refractivity contribution < 1.29 is 14.9 Å². The minimum atomic E-state index is -0.725. The van der Waals surface area contributed by atoms with Gasteiger partial charge in [-0.2, -0.15) is 0 Å². The lowest BCUT2D eigenvalue weighted by Gasteiger charge is -2.16. The second-order valence-corrected chi connectivity index (χ2v) is 6.23. The quantitative estimate of drug-likeness (QED) is 0.562. The molecule has 26 heavy (non-hydrogen) atoms. The second kappa shape index (κ2) is 7.15. The number of aromatic nitrogens is 2. The average Bonchev–Trinajstić information content (AvgIpc) is 3.04. The fraction of sp³-hybridized carbons (Fsp3) is 0.190. The largest absolute Gasteiger partial charge is 0.490 e. The highest BCUT2D eigenvalue weighted by Crippen LogP contribution is 2.25. The lowest BCUT2D eigenvalue weighted by molar-refractivity contribution is 0.0922. The molecule has 1 aromatic heterocycles. The molecule has 2 N–H and O–H groups in total. The van der Waals surface area contributed by atoms with Crippen LogP contribution in [0.15, 0.2) is 66.7 Å². The van der Waals surface area contributed by atoms with Gasteiger partial charge >= 0.3 is 0 Å². The van der Waals surface area contributed by atoms with Crippen molar-refractivity contribution in [2.24, 2.45) is 0 Å². The molecule has 0 radical (unpaired) electrons. The molecule has 0 saturated carbocycles. The van der Waals surface area contributed by atoms with E-state index in [9.17, 15) is 10.2 Å². The maximum absolute atomic E-state index is 10.5. The van der Waals surface area contributed by atoms with E-state index in [1.165, 1.54) is 0 Å². The molecule has 0 aliphatic heterocycles. The minimum Gasteiger partial charge on any atom is -0.490 e. The van der Waals surface area contributed by atoms with Crippen molar-refractivity contribution in [3.05, 3.63) is 72.6 Å². The number of hydrogen-bond acceptors (Lipinski definition) is 4. The first-order valence-corrected chi connectivity index (χ1v) is 8.60. The van der Waals surface area contributed by atoms with E-state index in [0.29, 0.717) is 12.4 Å². The zero-order valence-electron chi connectivity index (χ0n) is 14.2. The number of imidazole rings is 1. The summed E-state index contributed by atoms with van der Waals surface area (Å²) in [5, 5.41) is 22.2. The Balaban J connectivity index is 1.52. The van der Waals surface area contributed by atoms with Crippen molar-refractivity contribution in [2.75, 3.05) is 6.61 Å². The highest BCUT2D eigenvalue weighted by atomic mass is 16.5. The smallest absolute Gasteiger partial charge is 0.135 e. The summed E-state index contributed by atoms with van der Waals surface area (Å²) in [6.45, 7) is 0.290. The zero-order chi connectivity index (χ0) is 17.9. The van der Waals surface area contributed by atoms with Crippen LogP contribution in [0.2, 0.25) is 0 Å². The maximum atomic E-state index is 10.5. The SMILES string of the molecule is OCc1nc2ccccc2n1C[C@@H](O)COc1cccc2ccccc12. The summed E-state index contributed by atoms with van der Waals surface area (Å²) in [4.78, 5) is 4.40. The molecular formula is C21H20N2O3. The van der Waals surface area contributed by atoms with Gasteiger partial charge in [0, 0.05) is 5.39 Å². The fourth-order valence-corrected chi connectivity index (χ4v) is 3.22. The van der Waals surface area contributed by atoms with Crippen LogP contribution < -0.4 is 4.74 Å². The number of benzene rings is 3. The molecule has 0 spiro atoms. The van der Waals surface area contributed by atoms with Gasteiger partial charge in [0.15, 0.2) is 0 Å². The molecule has 132 valence electrons. The van der Waals surface area contributed by atoms with E-state index in [2.05, 4.69) is 4.98 Å². The molecule has 5 heteroatoms. The van der Waals surface area contributed by atoms with Crippen LogP contribution in [-0.2, 0) is 13.2 Å². The van der Waals surface area contributed by atoms with Crippen molar-refractivity contribution in [2.45, 2.75) is 19.3 Å². The second-order valence-electron chi connectivity index (χ2n) is 6.23. The zero-order valence-corrected chi connectivity index (χ0v) is 14.2. The topological polar surface area (TPSA) is 67.5 Å². The summed E-state index contributed by atoms with van der Waals surface area (Å²) >= 11 is 0. The van der Waals surface area contributed by atoms with E-state index >= 15 is 0 Å². The van der Waals surface area contributed by atoms with Gasteiger partial charge in [0.2, 0.25) is 0 Å². The molecule has 4 rings (SSSR count). The van der Waals surface area contributed by atoms with Crippen LogP contribution >= 0.6 is 0 Å². The number of ether oxygens (including phenoxy) is 1. The molecule has 5 nitrogen and oxygen atoms in total. The van der Waals surface area contributed by atoms with Crippen LogP contribution in [0.1, 0.15) is 5.82 Å². The Hall–Kier alpha value is -2.89. The van der Waals surface area contributed by atoms with Gasteiger partial charge in [-0.1, -0.05) is 48.5 Å². The molecule has 1 atom stereocenters. The number of aliphatic hydroxyl groups is 2. The molecule has 0 bridgehead atoms. The molecular weight excluding hydrogens is 328 g/mol. The van der Waals surface area contributed by atoms with Gasteiger partial charge in [0.25, 0.3) is 0 Å². The predicted molar refractivity (Wildman–Crippen MR) is 101 cm³/mol. The molecule has 0 unspecified atom stereocenters. The van der Waals surface area contributed by atoms with Crippen molar-refractivity contribution in [1.82, 2.24) is 9.55 Å². The van der Waals surface area contributed by atoms with Crippen LogP contribution in [0, 0.1) is 0 Å². The summed E-state index contributed by atoms with van der Waals surface area (Å²) in [6.07, 6.45) is -0.725. The van der Waals surface area contributed by atoms with Crippen molar-refractivity contribution in [1.29, 1.82) is 0 Å². The number of nitrogens with zero attached hydrogens (tertiary/aromatic N) is 2.